The summed E-state index contributed by atoms with van der Waals surface area (Å²) in [5.74, 6) is 4.28. The Hall–Kier alpha value is -1.59. The van der Waals surface area contributed by atoms with Crippen LogP contribution in [0, 0.1) is 11.8 Å². The van der Waals surface area contributed by atoms with Gasteiger partial charge in [0.25, 0.3) is 0 Å². The SMILES string of the molecule is CC(I)C(=O)OC(C)(C)C#CC(=O)OC1(c2ccccc2)CC[NH2+]CC1. The molecule has 140 valence electrons. The molecule has 1 aliphatic heterocycles. The first kappa shape index (κ1) is 20.7. The molecule has 0 spiro atoms. The molecule has 2 N–H and O–H groups in total. The molecular weight excluding hydrogens is 445 g/mol. The van der Waals surface area contributed by atoms with Gasteiger partial charge in [-0.25, -0.2) is 4.79 Å². The molecule has 0 aliphatic carbocycles. The van der Waals surface area contributed by atoms with E-state index in [1.807, 2.05) is 52.9 Å². The molecule has 5 nitrogen and oxygen atoms in total. The number of hydrogen-bond donors (Lipinski definition) is 1. The first-order chi connectivity index (χ1) is 12.2. The largest absolute Gasteiger partial charge is 0.446 e. The second-order valence-electron chi connectivity index (χ2n) is 6.91. The van der Waals surface area contributed by atoms with Gasteiger partial charge in [0.05, 0.1) is 13.1 Å². The summed E-state index contributed by atoms with van der Waals surface area (Å²) in [7, 11) is 0. The minimum Gasteiger partial charge on any atom is -0.446 e. The van der Waals surface area contributed by atoms with E-state index in [2.05, 4.69) is 17.2 Å². The number of alkyl halides is 1. The molecule has 2 rings (SSSR count). The fraction of sp³-hybridized carbons (Fsp3) is 0.500. The average molecular weight is 470 g/mol. The smallest absolute Gasteiger partial charge is 0.385 e. The molecule has 0 saturated carbocycles. The summed E-state index contributed by atoms with van der Waals surface area (Å²) < 4.78 is 10.9. The topological polar surface area (TPSA) is 69.2 Å². The van der Waals surface area contributed by atoms with Gasteiger partial charge in [-0.3, -0.25) is 4.79 Å². The number of hydrogen-bond acceptors (Lipinski definition) is 4. The van der Waals surface area contributed by atoms with Crippen LogP contribution in [0.5, 0.6) is 0 Å². The lowest BCUT2D eigenvalue weighted by atomic mass is 9.85. The molecule has 1 fully saturated rings. The molecule has 6 heteroatoms. The molecule has 1 unspecified atom stereocenters. The summed E-state index contributed by atoms with van der Waals surface area (Å²) in [5, 5.41) is 2.22. The minimum atomic E-state index is -1.05. The molecule has 1 aliphatic rings. The van der Waals surface area contributed by atoms with Crippen molar-refractivity contribution in [1.82, 2.24) is 0 Å². The first-order valence-corrected chi connectivity index (χ1v) is 9.99. The number of carbonyl (C=O) groups excluding carboxylic acids is 2. The lowest BCUT2D eigenvalue weighted by molar-refractivity contribution is -0.668. The fourth-order valence-electron chi connectivity index (χ4n) is 2.89. The van der Waals surface area contributed by atoms with Gasteiger partial charge in [-0.1, -0.05) is 52.9 Å². The monoisotopic (exact) mass is 470 g/mol. The zero-order valence-corrected chi connectivity index (χ0v) is 17.5. The van der Waals surface area contributed by atoms with Crippen molar-refractivity contribution in [2.24, 2.45) is 0 Å². The van der Waals surface area contributed by atoms with Crippen molar-refractivity contribution in [3.8, 4) is 11.8 Å². The average Bonchev–Trinajstić information content (AvgIpc) is 2.61. The first-order valence-electron chi connectivity index (χ1n) is 8.74. The third-order valence-corrected chi connectivity index (χ3v) is 4.75. The third kappa shape index (κ3) is 5.71. The molecule has 0 aromatic heterocycles. The van der Waals surface area contributed by atoms with Crippen LogP contribution in [-0.4, -0.2) is 34.6 Å². The van der Waals surface area contributed by atoms with Gasteiger partial charge >= 0.3 is 11.9 Å². The van der Waals surface area contributed by atoms with Gasteiger partial charge in [0.1, 0.15) is 9.53 Å². The van der Waals surface area contributed by atoms with Crippen molar-refractivity contribution in [1.29, 1.82) is 0 Å². The summed E-state index contributed by atoms with van der Waals surface area (Å²) in [6.07, 6.45) is 1.49. The number of ether oxygens (including phenoxy) is 2. The van der Waals surface area contributed by atoms with Gasteiger partial charge in [-0.15, -0.1) is 0 Å². The Bertz CT molecular complexity index is 698. The molecule has 1 aromatic carbocycles. The van der Waals surface area contributed by atoms with Crippen LogP contribution in [-0.2, 0) is 24.7 Å². The Morgan fingerprint density at radius 2 is 1.85 bits per heavy atom. The Labute approximate surface area is 168 Å². The number of esters is 2. The number of rotatable bonds is 4. The van der Waals surface area contributed by atoms with E-state index in [-0.39, 0.29) is 9.89 Å². The lowest BCUT2D eigenvalue weighted by Crippen LogP contribution is -2.87. The van der Waals surface area contributed by atoms with Crippen molar-refractivity contribution in [2.45, 2.75) is 48.7 Å². The van der Waals surface area contributed by atoms with E-state index in [0.717, 1.165) is 31.5 Å². The highest BCUT2D eigenvalue weighted by Gasteiger charge is 2.39. The standard InChI is InChI=1S/C20H24INO4/c1-15(21)18(24)26-19(2,3)10-9-17(23)25-20(11-13-22-14-12-20)16-7-5-4-6-8-16/h4-8,15,22H,11-14H2,1-3H3/p+1. The van der Waals surface area contributed by atoms with E-state index in [0.29, 0.717) is 0 Å². The van der Waals surface area contributed by atoms with E-state index in [4.69, 9.17) is 9.47 Å². The highest BCUT2D eigenvalue weighted by atomic mass is 127. The van der Waals surface area contributed by atoms with Crippen molar-refractivity contribution >= 4 is 34.5 Å². The van der Waals surface area contributed by atoms with Crippen molar-refractivity contribution < 1.29 is 24.4 Å². The zero-order chi connectivity index (χ0) is 19.2. The maximum Gasteiger partial charge on any atom is 0.385 e. The van der Waals surface area contributed by atoms with Gasteiger partial charge in [0.15, 0.2) is 5.60 Å². The zero-order valence-electron chi connectivity index (χ0n) is 15.4. The second kappa shape index (κ2) is 8.87. The van der Waals surface area contributed by atoms with E-state index in [1.54, 1.807) is 20.8 Å². The summed E-state index contributed by atoms with van der Waals surface area (Å²) in [6, 6.07) is 9.81. The number of benzene rings is 1. The third-order valence-electron chi connectivity index (χ3n) is 4.24. The second-order valence-corrected chi connectivity index (χ2v) is 8.78. The molecule has 1 saturated heterocycles. The molecular formula is C20H25INO4+. The van der Waals surface area contributed by atoms with E-state index >= 15 is 0 Å². The summed E-state index contributed by atoms with van der Waals surface area (Å²) in [5.41, 5.74) is -0.692. The van der Waals surface area contributed by atoms with Crippen LogP contribution in [0.4, 0.5) is 0 Å². The number of nitrogens with two attached hydrogens (primary N) is 1. The van der Waals surface area contributed by atoms with Crippen molar-refractivity contribution in [3.63, 3.8) is 0 Å². The quantitative estimate of drug-likeness (QED) is 0.240. The van der Waals surface area contributed by atoms with Gasteiger partial charge in [-0.05, 0) is 32.3 Å². The van der Waals surface area contributed by atoms with Crippen LogP contribution in [0.2, 0.25) is 0 Å². The minimum absolute atomic E-state index is 0.277. The van der Waals surface area contributed by atoms with Crippen LogP contribution < -0.4 is 5.32 Å². The van der Waals surface area contributed by atoms with Crippen molar-refractivity contribution in [2.75, 3.05) is 13.1 Å². The molecule has 1 aromatic rings. The lowest BCUT2D eigenvalue weighted by Gasteiger charge is -2.35. The fourth-order valence-corrected chi connectivity index (χ4v) is 3.02. The molecule has 26 heavy (non-hydrogen) atoms. The van der Waals surface area contributed by atoms with E-state index in [1.165, 1.54) is 0 Å². The number of quaternary nitrogens is 1. The number of halogens is 1. The molecule has 0 amide bonds. The predicted molar refractivity (Wildman–Crippen MR) is 107 cm³/mol. The van der Waals surface area contributed by atoms with Crippen LogP contribution in [0.25, 0.3) is 0 Å². The molecule has 0 radical (unpaired) electrons. The van der Waals surface area contributed by atoms with Crippen molar-refractivity contribution in [3.05, 3.63) is 35.9 Å². The van der Waals surface area contributed by atoms with Crippen LogP contribution in [0.15, 0.2) is 30.3 Å². The summed E-state index contributed by atoms with van der Waals surface area (Å²) in [6.45, 7) is 6.85. The Balaban J connectivity index is 2.13. The van der Waals surface area contributed by atoms with Gasteiger partial charge in [0.2, 0.25) is 0 Å². The Kier molecular flexibility index (Phi) is 7.07. The highest BCUT2D eigenvalue weighted by molar-refractivity contribution is 14.1. The molecule has 1 heterocycles. The van der Waals surface area contributed by atoms with Gasteiger partial charge in [-0.2, -0.15) is 0 Å². The molecule has 1 atom stereocenters. The van der Waals surface area contributed by atoms with Crippen LogP contribution in [0.1, 0.15) is 39.2 Å². The molecule has 0 bridgehead atoms. The maximum atomic E-state index is 12.4. The van der Waals surface area contributed by atoms with Gasteiger partial charge in [0, 0.05) is 18.8 Å². The predicted octanol–water partition coefficient (Wildman–Crippen LogP) is 1.93. The maximum absolute atomic E-state index is 12.4. The van der Waals surface area contributed by atoms with E-state index in [9.17, 15) is 9.59 Å². The Morgan fingerprint density at radius 3 is 2.42 bits per heavy atom. The normalized spacial score (nSPS) is 17.4. The van der Waals surface area contributed by atoms with Crippen LogP contribution >= 0.6 is 22.6 Å². The van der Waals surface area contributed by atoms with Crippen LogP contribution in [0.3, 0.4) is 0 Å². The number of piperidine rings is 1. The summed E-state index contributed by atoms with van der Waals surface area (Å²) >= 11 is 1.98. The van der Waals surface area contributed by atoms with Gasteiger partial charge < -0.3 is 14.8 Å². The van der Waals surface area contributed by atoms with E-state index < -0.39 is 17.2 Å². The summed E-state index contributed by atoms with van der Waals surface area (Å²) in [4.78, 5) is 24.1. The highest BCUT2D eigenvalue weighted by Crippen LogP contribution is 2.33. The Morgan fingerprint density at radius 1 is 1.23 bits per heavy atom. The number of carbonyl (C=O) groups is 2.